The van der Waals surface area contributed by atoms with Crippen molar-refractivity contribution in [2.24, 2.45) is 0 Å². The minimum atomic E-state index is -1.08. The van der Waals surface area contributed by atoms with E-state index >= 15 is 0 Å². The summed E-state index contributed by atoms with van der Waals surface area (Å²) in [5.74, 6) is -2.17. The molecular weight excluding hydrogens is 196 g/mol. The largest absolute Gasteiger partial charge is 2.00 e. The summed E-state index contributed by atoms with van der Waals surface area (Å²) in [4.78, 5) is 26.1. The summed E-state index contributed by atoms with van der Waals surface area (Å²) in [7, 11) is 0. The molecule has 0 aromatic heterocycles. The summed E-state index contributed by atoms with van der Waals surface area (Å²) in [6.07, 6.45) is 0. The maximum absolute atomic E-state index is 8.89. The zero-order chi connectivity index (χ0) is 9.86. The van der Waals surface area contributed by atoms with Gasteiger partial charge in [0.25, 0.3) is 6.47 Å². The Bertz CT molecular complexity index is 103. The van der Waals surface area contributed by atoms with Gasteiger partial charge in [-0.3, -0.25) is 4.79 Å². The van der Waals surface area contributed by atoms with Crippen LogP contribution in [0.1, 0.15) is 13.8 Å². The van der Waals surface area contributed by atoms with Gasteiger partial charge in [0.1, 0.15) is 0 Å². The number of hydrogen-bond acceptors (Lipinski definition) is 5. The van der Waals surface area contributed by atoms with E-state index in [-0.39, 0.29) is 44.2 Å². The molecule has 0 aliphatic carbocycles. The molecule has 0 fully saturated rings. The van der Waals surface area contributed by atoms with E-state index < -0.39 is 11.9 Å². The molecule has 12 heavy (non-hydrogen) atoms. The smallest absolute Gasteiger partial charge is 0.550 e. The van der Waals surface area contributed by atoms with E-state index in [0.717, 1.165) is 13.8 Å². The Morgan fingerprint density at radius 1 is 1.17 bits per heavy atom. The van der Waals surface area contributed by atoms with E-state index in [9.17, 15) is 0 Å². The molecule has 7 heteroatoms. The van der Waals surface area contributed by atoms with Crippen LogP contribution < -0.4 is 10.2 Å². The molecule has 0 spiro atoms. The predicted molar refractivity (Wildman–Crippen MR) is 35.8 cm³/mol. The van der Waals surface area contributed by atoms with Crippen molar-refractivity contribution in [1.82, 2.24) is 0 Å². The first-order chi connectivity index (χ1) is 4.88. The van der Waals surface area contributed by atoms with Crippen LogP contribution in [0.3, 0.4) is 0 Å². The van der Waals surface area contributed by atoms with Gasteiger partial charge in [-0.1, -0.05) is 0 Å². The summed E-state index contributed by atoms with van der Waals surface area (Å²) in [5.41, 5.74) is 0. The second kappa shape index (κ2) is 22.4. The van der Waals surface area contributed by atoms with Gasteiger partial charge in [0.15, 0.2) is 0 Å². The number of aliphatic carboxylic acids is 2. The second-order valence-electron chi connectivity index (χ2n) is 1.09. The van der Waals surface area contributed by atoms with Gasteiger partial charge >= 0.3 is 37.7 Å². The molecule has 0 aliphatic rings. The molecule has 0 heterocycles. The first kappa shape index (κ1) is 22.6. The van der Waals surface area contributed by atoms with Gasteiger partial charge < -0.3 is 24.9 Å². The van der Waals surface area contributed by atoms with Gasteiger partial charge in [0, 0.05) is 11.9 Å². The van der Waals surface area contributed by atoms with Gasteiger partial charge in [-0.2, -0.15) is 0 Å². The zero-order valence-corrected chi connectivity index (χ0v) is 8.98. The third-order valence-corrected chi connectivity index (χ3v) is 0. The Morgan fingerprint density at radius 3 is 1.17 bits per heavy atom. The number of carboxylic acids is 2. The summed E-state index contributed by atoms with van der Waals surface area (Å²) in [6.45, 7) is 1.69. The standard InChI is InChI=1S/2C2H4O2.CH2O2.Ca/c2*1-2(3)4;2-1-3;/h2*1H3,(H,3,4);1H,(H,2,3);/q;;;+2/p-2. The van der Waals surface area contributed by atoms with Crippen LogP contribution in [0, 0.1) is 0 Å². The Hall–Kier alpha value is -0.330. The molecule has 0 aromatic carbocycles. The Kier molecular flexibility index (Phi) is 42.2. The van der Waals surface area contributed by atoms with Crippen molar-refractivity contribution < 1.29 is 29.7 Å². The molecule has 1 N–H and O–H groups in total. The number of carboxylic acid groups (broad SMARTS) is 3. The molecule has 0 aliphatic heterocycles. The Balaban J connectivity index is -0.0000000389. The minimum absolute atomic E-state index is 0. The van der Waals surface area contributed by atoms with Crippen molar-refractivity contribution in [2.75, 3.05) is 0 Å². The fourth-order valence-corrected chi connectivity index (χ4v) is 0. The SMILES string of the molecule is CC(=O)[O-].CC(=O)[O-].O=CO.[Ca+2]. The van der Waals surface area contributed by atoms with E-state index in [4.69, 9.17) is 29.7 Å². The molecule has 66 valence electrons. The molecule has 0 bridgehead atoms. The third kappa shape index (κ3) is 6660. The fourth-order valence-electron chi connectivity index (χ4n) is 0. The fraction of sp³-hybridized carbons (Fsp3) is 0.400. The maximum atomic E-state index is 8.89. The van der Waals surface area contributed by atoms with Gasteiger partial charge in [-0.05, 0) is 13.8 Å². The Morgan fingerprint density at radius 2 is 1.17 bits per heavy atom. The number of rotatable bonds is 0. The third-order valence-electron chi connectivity index (χ3n) is 0. The molecule has 0 amide bonds. The molecule has 0 saturated carbocycles. The van der Waals surface area contributed by atoms with Crippen molar-refractivity contribution in [1.29, 1.82) is 0 Å². The summed E-state index contributed by atoms with van der Waals surface area (Å²) in [5, 5.41) is 24.7. The van der Waals surface area contributed by atoms with Gasteiger partial charge in [0.2, 0.25) is 0 Å². The van der Waals surface area contributed by atoms with Crippen molar-refractivity contribution in [3.05, 3.63) is 0 Å². The zero-order valence-electron chi connectivity index (χ0n) is 6.77. The summed E-state index contributed by atoms with van der Waals surface area (Å²) in [6, 6.07) is 0. The first-order valence-electron chi connectivity index (χ1n) is 2.31. The van der Waals surface area contributed by atoms with E-state index in [1.165, 1.54) is 0 Å². The van der Waals surface area contributed by atoms with Crippen molar-refractivity contribution in [3.8, 4) is 0 Å². The van der Waals surface area contributed by atoms with Gasteiger partial charge in [-0.15, -0.1) is 0 Å². The first-order valence-corrected chi connectivity index (χ1v) is 2.31. The molecule has 0 aromatic rings. The van der Waals surface area contributed by atoms with Crippen LogP contribution in [0.25, 0.3) is 0 Å². The van der Waals surface area contributed by atoms with Crippen LogP contribution >= 0.6 is 0 Å². The number of carbonyl (C=O) groups excluding carboxylic acids is 2. The number of carbonyl (C=O) groups is 3. The van der Waals surface area contributed by atoms with Crippen LogP contribution in [0.5, 0.6) is 0 Å². The summed E-state index contributed by atoms with van der Waals surface area (Å²) < 4.78 is 0. The van der Waals surface area contributed by atoms with Crippen LogP contribution in [-0.2, 0) is 14.4 Å². The molecule has 0 saturated heterocycles. The quantitative estimate of drug-likeness (QED) is 0.328. The Labute approximate surface area is 99.2 Å². The van der Waals surface area contributed by atoms with Gasteiger partial charge in [-0.25, -0.2) is 0 Å². The van der Waals surface area contributed by atoms with Crippen molar-refractivity contribution in [2.45, 2.75) is 13.8 Å². The van der Waals surface area contributed by atoms with Crippen molar-refractivity contribution >= 4 is 56.1 Å². The monoisotopic (exact) mass is 204 g/mol. The van der Waals surface area contributed by atoms with E-state index in [0.29, 0.717) is 0 Å². The predicted octanol–water partition coefficient (Wildman–Crippen LogP) is -3.17. The molecule has 0 radical (unpaired) electrons. The topological polar surface area (TPSA) is 118 Å². The molecule has 0 atom stereocenters. The van der Waals surface area contributed by atoms with Crippen LogP contribution in [0.4, 0.5) is 0 Å². The van der Waals surface area contributed by atoms with Crippen molar-refractivity contribution in [3.63, 3.8) is 0 Å². The normalized spacial score (nSPS) is 5.17. The average Bonchev–Trinajstić information content (AvgIpc) is 1.60. The molecule has 0 rings (SSSR count). The minimum Gasteiger partial charge on any atom is -0.550 e. The molecular formula is C5H8CaO6. The average molecular weight is 204 g/mol. The van der Waals surface area contributed by atoms with E-state index in [2.05, 4.69) is 0 Å². The van der Waals surface area contributed by atoms with Gasteiger partial charge in [0.05, 0.1) is 0 Å². The van der Waals surface area contributed by atoms with Crippen LogP contribution in [0.15, 0.2) is 0 Å². The summed E-state index contributed by atoms with van der Waals surface area (Å²) >= 11 is 0. The molecule has 6 nitrogen and oxygen atoms in total. The number of hydrogen-bond donors (Lipinski definition) is 1. The van der Waals surface area contributed by atoms with Crippen LogP contribution in [-0.4, -0.2) is 61.3 Å². The molecule has 0 unspecified atom stereocenters. The maximum Gasteiger partial charge on any atom is 2.00 e. The van der Waals surface area contributed by atoms with Crippen LogP contribution in [0.2, 0.25) is 0 Å². The van der Waals surface area contributed by atoms with E-state index in [1.54, 1.807) is 0 Å². The van der Waals surface area contributed by atoms with E-state index in [1.807, 2.05) is 0 Å². The second-order valence-corrected chi connectivity index (χ2v) is 1.09.